The number of ether oxygens (including phenoxy) is 1. The van der Waals surface area contributed by atoms with Crippen molar-refractivity contribution in [2.75, 3.05) is 0 Å². The maximum atomic E-state index is 12.1. The minimum atomic E-state index is -7.48. The van der Waals surface area contributed by atoms with E-state index in [-0.39, 0.29) is 0 Å². The lowest BCUT2D eigenvalue weighted by atomic mass is 10.0. The molecule has 132 valence electrons. The van der Waals surface area contributed by atoms with Gasteiger partial charge >= 0.3 is 36.5 Å². The molecular formula is C6F13NO2. The lowest BCUT2D eigenvalue weighted by molar-refractivity contribution is -0.448. The van der Waals surface area contributed by atoms with E-state index in [0.29, 0.717) is 0 Å². The van der Waals surface area contributed by atoms with Gasteiger partial charge in [-0.1, -0.05) is 4.48 Å². The van der Waals surface area contributed by atoms with Gasteiger partial charge in [-0.25, -0.2) is 4.79 Å². The number of halogens is 13. The van der Waals surface area contributed by atoms with Gasteiger partial charge in [0, 0.05) is 0 Å². The molecule has 0 heterocycles. The molecule has 0 saturated heterocycles. The fourth-order valence-electron chi connectivity index (χ4n) is 0.930. The number of hydrogen-bond donors (Lipinski definition) is 0. The van der Waals surface area contributed by atoms with Gasteiger partial charge in [0.15, 0.2) is 0 Å². The van der Waals surface area contributed by atoms with Crippen LogP contribution in [0.1, 0.15) is 0 Å². The van der Waals surface area contributed by atoms with E-state index in [1.165, 1.54) is 0 Å². The quantitative estimate of drug-likeness (QED) is 0.395. The average Bonchev–Trinajstić information content (AvgIpc) is 2.17. The highest BCUT2D eigenvalue weighted by molar-refractivity contribution is 5.67. The molecule has 1 amide bonds. The molecule has 0 atom stereocenters. The van der Waals surface area contributed by atoms with Crippen molar-refractivity contribution in [3.05, 3.63) is 0 Å². The summed E-state index contributed by atoms with van der Waals surface area (Å²) in [5, 5.41) is -3.31. The molecule has 0 bridgehead atoms. The van der Waals surface area contributed by atoms with E-state index < -0.39 is 41.6 Å². The van der Waals surface area contributed by atoms with Crippen LogP contribution in [0.3, 0.4) is 0 Å². The molecule has 0 aromatic rings. The molecule has 0 aliphatic carbocycles. The minimum Gasteiger partial charge on any atom is -0.413 e. The molecular weight excluding hydrogens is 365 g/mol. The van der Waals surface area contributed by atoms with E-state index in [1.54, 1.807) is 0 Å². The van der Waals surface area contributed by atoms with Gasteiger partial charge in [-0.15, -0.1) is 13.2 Å². The molecule has 0 fully saturated rings. The summed E-state index contributed by atoms with van der Waals surface area (Å²) in [5.74, 6) is 0. The number of amides is 1. The average molecular weight is 365 g/mol. The highest BCUT2D eigenvalue weighted by Gasteiger charge is 2.87. The molecule has 16 heteroatoms. The maximum absolute atomic E-state index is 12.1. The molecule has 0 saturated carbocycles. The fraction of sp³-hybridized carbons (Fsp3) is 0.833. The predicted molar refractivity (Wildman–Crippen MR) is 36.4 cm³/mol. The third kappa shape index (κ3) is 3.40. The summed E-state index contributed by atoms with van der Waals surface area (Å²) >= 11 is 0. The molecule has 0 N–H and O–H groups in total. The number of rotatable bonds is 1. The fourth-order valence-corrected chi connectivity index (χ4v) is 0.930. The summed E-state index contributed by atoms with van der Waals surface area (Å²) in [6.45, 7) is 0. The molecule has 0 unspecified atom stereocenters. The molecule has 0 rings (SSSR count). The second kappa shape index (κ2) is 5.22. The SMILES string of the molecule is O=C(OC(C(F)(F)F)(C(F)(F)F)C(F)(F)F)N(F)C(F)(F)F. The molecule has 3 nitrogen and oxygen atoms in total. The molecule has 22 heavy (non-hydrogen) atoms. The smallest absolute Gasteiger partial charge is 0.413 e. The number of alkyl halides is 12. The largest absolute Gasteiger partial charge is 0.517 e. The standard InChI is InChI=1S/C6F13NO2/c7-3(8,9)2(4(10,11)12,5(13,14)15)22-1(21)20(19)6(16,17)18. The Morgan fingerprint density at radius 1 is 0.682 bits per heavy atom. The first kappa shape index (κ1) is 20.4. The van der Waals surface area contributed by atoms with E-state index in [0.717, 1.165) is 0 Å². The van der Waals surface area contributed by atoms with Crippen LogP contribution in [-0.2, 0) is 4.74 Å². The summed E-state index contributed by atoms with van der Waals surface area (Å²) < 4.78 is 158. The summed E-state index contributed by atoms with van der Waals surface area (Å²) in [6, 6.07) is 0. The van der Waals surface area contributed by atoms with Gasteiger partial charge in [0.05, 0.1) is 0 Å². The van der Waals surface area contributed by atoms with Crippen LogP contribution in [0.4, 0.5) is 62.0 Å². The lowest BCUT2D eigenvalue weighted by Gasteiger charge is -2.37. The van der Waals surface area contributed by atoms with Crippen molar-refractivity contribution in [2.45, 2.75) is 30.4 Å². The van der Waals surface area contributed by atoms with Crippen LogP contribution in [0.5, 0.6) is 0 Å². The van der Waals surface area contributed by atoms with E-state index >= 15 is 0 Å². The Balaban J connectivity index is 6.10. The number of carbonyl (C=O) groups is 1. The van der Waals surface area contributed by atoms with Crippen molar-refractivity contribution >= 4 is 6.09 Å². The van der Waals surface area contributed by atoms with Crippen LogP contribution in [0, 0.1) is 0 Å². The Bertz CT molecular complexity index is 378. The monoisotopic (exact) mass is 365 g/mol. The van der Waals surface area contributed by atoms with E-state index in [9.17, 15) is 62.0 Å². The van der Waals surface area contributed by atoms with Crippen molar-refractivity contribution < 1.29 is 66.7 Å². The molecule has 0 radical (unpaired) electrons. The lowest BCUT2D eigenvalue weighted by Crippen LogP contribution is -2.69. The van der Waals surface area contributed by atoms with Gasteiger partial charge in [-0.3, -0.25) is 0 Å². The second-order valence-electron chi connectivity index (χ2n) is 3.29. The van der Waals surface area contributed by atoms with Crippen LogP contribution in [0.15, 0.2) is 0 Å². The van der Waals surface area contributed by atoms with Crippen molar-refractivity contribution in [1.82, 2.24) is 5.12 Å². The number of nitrogens with zero attached hydrogens (tertiary/aromatic N) is 1. The first-order valence-electron chi connectivity index (χ1n) is 4.25. The van der Waals surface area contributed by atoms with Gasteiger partial charge in [-0.05, 0) is 5.12 Å². The third-order valence-corrected chi connectivity index (χ3v) is 1.82. The van der Waals surface area contributed by atoms with Crippen molar-refractivity contribution in [3.8, 4) is 0 Å². The zero-order valence-electron chi connectivity index (χ0n) is 9.18. The number of carbonyl (C=O) groups excluding carboxylic acids is 1. The molecule has 0 aromatic carbocycles. The summed E-state index contributed by atoms with van der Waals surface area (Å²) in [5.41, 5.74) is -7.35. The van der Waals surface area contributed by atoms with Crippen LogP contribution < -0.4 is 0 Å². The topological polar surface area (TPSA) is 29.5 Å². The normalized spacial score (nSPS) is 14.8. The van der Waals surface area contributed by atoms with Crippen LogP contribution in [0.2, 0.25) is 0 Å². The summed E-state index contributed by atoms with van der Waals surface area (Å²) in [4.78, 5) is 10.3. The Morgan fingerprint density at radius 3 is 1.14 bits per heavy atom. The highest BCUT2D eigenvalue weighted by atomic mass is 19.4. The van der Waals surface area contributed by atoms with Crippen molar-refractivity contribution in [3.63, 3.8) is 0 Å². The van der Waals surface area contributed by atoms with Gasteiger partial charge in [-0.2, -0.15) is 39.5 Å². The second-order valence-corrected chi connectivity index (χ2v) is 3.29. The van der Waals surface area contributed by atoms with Crippen LogP contribution >= 0.6 is 0 Å². The minimum absolute atomic E-state index is 1.84. The molecule has 0 aliphatic rings. The first-order valence-corrected chi connectivity index (χ1v) is 4.25. The summed E-state index contributed by atoms with van der Waals surface area (Å²) in [6.07, 6.45) is -33.2. The van der Waals surface area contributed by atoms with Crippen molar-refractivity contribution in [1.29, 1.82) is 0 Å². The van der Waals surface area contributed by atoms with E-state index in [4.69, 9.17) is 0 Å². The Hall–Kier alpha value is -1.64. The predicted octanol–water partition coefficient (Wildman–Crippen LogP) is 4.25. The Morgan fingerprint density at radius 2 is 0.955 bits per heavy atom. The molecule has 0 aromatic heterocycles. The third-order valence-electron chi connectivity index (χ3n) is 1.82. The number of hydrogen-bond acceptors (Lipinski definition) is 2. The van der Waals surface area contributed by atoms with Crippen LogP contribution in [-0.4, -0.2) is 41.6 Å². The van der Waals surface area contributed by atoms with E-state index in [2.05, 4.69) is 0 Å². The molecule has 0 spiro atoms. The summed E-state index contributed by atoms with van der Waals surface area (Å²) in [7, 11) is 0. The van der Waals surface area contributed by atoms with Gasteiger partial charge in [0.2, 0.25) is 0 Å². The van der Waals surface area contributed by atoms with Gasteiger partial charge in [0.1, 0.15) is 0 Å². The van der Waals surface area contributed by atoms with Crippen molar-refractivity contribution in [2.24, 2.45) is 0 Å². The van der Waals surface area contributed by atoms with E-state index in [1.807, 2.05) is 4.74 Å². The zero-order valence-corrected chi connectivity index (χ0v) is 9.18. The molecule has 0 aliphatic heterocycles. The van der Waals surface area contributed by atoms with Crippen LogP contribution in [0.25, 0.3) is 0 Å². The maximum Gasteiger partial charge on any atom is 0.517 e. The van der Waals surface area contributed by atoms with Gasteiger partial charge in [0.25, 0.3) is 0 Å². The van der Waals surface area contributed by atoms with Gasteiger partial charge < -0.3 is 4.74 Å². The Labute approximate surface area is 110 Å². The Kier molecular flexibility index (Phi) is 4.83. The first-order chi connectivity index (χ1) is 9.29. The highest BCUT2D eigenvalue weighted by Crippen LogP contribution is 2.55. The zero-order chi connectivity index (χ0) is 18.4.